The molecule has 1 N–H and O–H groups in total. The largest absolute Gasteiger partial charge is 0.497 e. The zero-order chi connectivity index (χ0) is 24.5. The van der Waals surface area contributed by atoms with E-state index in [4.69, 9.17) is 42.1 Å². The summed E-state index contributed by atoms with van der Waals surface area (Å²) in [5.74, 6) is 0.354. The molecule has 0 unspecified atom stereocenters. The quantitative estimate of drug-likeness (QED) is 0.196. The van der Waals surface area contributed by atoms with Gasteiger partial charge in [-0.3, -0.25) is 4.79 Å². The molecule has 0 radical (unpaired) electrons. The number of methoxy groups -OCH3 is 2. The third kappa shape index (κ3) is 6.87. The van der Waals surface area contributed by atoms with E-state index in [0.717, 1.165) is 0 Å². The van der Waals surface area contributed by atoms with Crippen LogP contribution in [0.5, 0.6) is 23.0 Å². The summed E-state index contributed by atoms with van der Waals surface area (Å²) < 4.78 is 21.2. The van der Waals surface area contributed by atoms with Crippen LogP contribution < -0.4 is 24.4 Å². The van der Waals surface area contributed by atoms with Crippen molar-refractivity contribution in [2.24, 2.45) is 5.10 Å². The minimum Gasteiger partial charge on any atom is -0.497 e. The zero-order valence-corrected chi connectivity index (χ0v) is 19.7. The molecular formula is C24H20Cl2N2O6. The van der Waals surface area contributed by atoms with Gasteiger partial charge in [-0.1, -0.05) is 29.3 Å². The van der Waals surface area contributed by atoms with Crippen LogP contribution in [0.2, 0.25) is 10.0 Å². The lowest BCUT2D eigenvalue weighted by molar-refractivity contribution is -0.123. The minimum atomic E-state index is -0.563. The van der Waals surface area contributed by atoms with Crippen molar-refractivity contribution in [3.63, 3.8) is 0 Å². The van der Waals surface area contributed by atoms with Crippen molar-refractivity contribution in [1.82, 2.24) is 5.43 Å². The van der Waals surface area contributed by atoms with Gasteiger partial charge in [-0.15, -0.1) is 0 Å². The van der Waals surface area contributed by atoms with Gasteiger partial charge < -0.3 is 18.9 Å². The van der Waals surface area contributed by atoms with E-state index in [1.807, 2.05) is 0 Å². The maximum atomic E-state index is 12.5. The third-order valence-electron chi connectivity index (χ3n) is 4.35. The van der Waals surface area contributed by atoms with E-state index in [9.17, 15) is 9.59 Å². The highest BCUT2D eigenvalue weighted by atomic mass is 35.5. The van der Waals surface area contributed by atoms with Crippen molar-refractivity contribution in [3.05, 3.63) is 81.8 Å². The highest BCUT2D eigenvalue weighted by molar-refractivity contribution is 6.35. The minimum absolute atomic E-state index is 0.227. The summed E-state index contributed by atoms with van der Waals surface area (Å²) in [6.07, 6.45) is 1.41. The predicted molar refractivity (Wildman–Crippen MR) is 129 cm³/mol. The van der Waals surface area contributed by atoms with Crippen molar-refractivity contribution >= 4 is 41.3 Å². The molecule has 10 heteroatoms. The van der Waals surface area contributed by atoms with Gasteiger partial charge in [0.2, 0.25) is 0 Å². The van der Waals surface area contributed by atoms with Crippen LogP contribution in [-0.2, 0) is 4.79 Å². The Bertz CT molecular complexity index is 1220. The third-order valence-corrected chi connectivity index (χ3v) is 4.88. The number of nitrogens with zero attached hydrogens (tertiary/aromatic N) is 1. The van der Waals surface area contributed by atoms with Crippen LogP contribution >= 0.6 is 23.2 Å². The SMILES string of the molecule is COc1cccc(C(=O)Oc2ccc(/C=N/NC(=O)COc3ccc(Cl)cc3Cl)cc2OC)c1. The van der Waals surface area contributed by atoms with Crippen molar-refractivity contribution in [3.8, 4) is 23.0 Å². The van der Waals surface area contributed by atoms with E-state index < -0.39 is 11.9 Å². The second kappa shape index (κ2) is 11.9. The molecule has 0 heterocycles. The highest BCUT2D eigenvalue weighted by Gasteiger charge is 2.13. The maximum absolute atomic E-state index is 12.5. The number of hydrazone groups is 1. The topological polar surface area (TPSA) is 95.5 Å². The highest BCUT2D eigenvalue weighted by Crippen LogP contribution is 2.29. The predicted octanol–water partition coefficient (Wildman–Crippen LogP) is 4.76. The number of carbonyl (C=O) groups excluding carboxylic acids is 2. The van der Waals surface area contributed by atoms with Gasteiger partial charge in [0, 0.05) is 5.02 Å². The Morgan fingerprint density at radius 3 is 2.47 bits per heavy atom. The summed E-state index contributed by atoms with van der Waals surface area (Å²) in [4.78, 5) is 24.4. The number of halogens is 2. The molecule has 0 aliphatic rings. The first-order chi connectivity index (χ1) is 16.4. The van der Waals surface area contributed by atoms with Gasteiger partial charge in [0.1, 0.15) is 11.5 Å². The number of hydrogen-bond acceptors (Lipinski definition) is 7. The Morgan fingerprint density at radius 1 is 0.941 bits per heavy atom. The average molecular weight is 503 g/mol. The fourth-order valence-corrected chi connectivity index (χ4v) is 3.17. The summed E-state index contributed by atoms with van der Waals surface area (Å²) in [5.41, 5.74) is 3.27. The Labute approximate surface area is 206 Å². The van der Waals surface area contributed by atoms with Crippen LogP contribution in [0.25, 0.3) is 0 Å². The van der Waals surface area contributed by atoms with Crippen LogP contribution in [0.1, 0.15) is 15.9 Å². The molecule has 0 fully saturated rings. The molecule has 0 atom stereocenters. The molecule has 0 spiro atoms. The molecule has 0 saturated heterocycles. The Kier molecular flexibility index (Phi) is 8.73. The van der Waals surface area contributed by atoms with Gasteiger partial charge in [0.25, 0.3) is 5.91 Å². The molecule has 0 aromatic heterocycles. The molecule has 0 aliphatic carbocycles. The van der Waals surface area contributed by atoms with Gasteiger partial charge in [0.05, 0.1) is 31.0 Å². The summed E-state index contributed by atoms with van der Waals surface area (Å²) in [7, 11) is 2.96. The summed E-state index contributed by atoms with van der Waals surface area (Å²) in [5, 5.41) is 4.64. The smallest absolute Gasteiger partial charge is 0.343 e. The molecule has 3 aromatic carbocycles. The van der Waals surface area contributed by atoms with E-state index in [2.05, 4.69) is 10.5 Å². The lowest BCUT2D eigenvalue weighted by atomic mass is 10.2. The number of amides is 1. The van der Waals surface area contributed by atoms with Crippen LogP contribution in [-0.4, -0.2) is 38.9 Å². The standard InChI is InChI=1S/C24H20Cl2N2O6/c1-31-18-5-3-4-16(11-18)24(30)34-21-8-6-15(10-22(21)32-2)13-27-28-23(29)14-33-20-9-7-17(25)12-19(20)26/h3-13H,14H2,1-2H3,(H,28,29)/b27-13+. The van der Waals surface area contributed by atoms with Gasteiger partial charge in [-0.2, -0.15) is 5.10 Å². The molecule has 8 nitrogen and oxygen atoms in total. The monoisotopic (exact) mass is 502 g/mol. The lowest BCUT2D eigenvalue weighted by Gasteiger charge is -2.10. The molecule has 1 amide bonds. The summed E-state index contributed by atoms with van der Waals surface area (Å²) >= 11 is 11.8. The fraction of sp³-hybridized carbons (Fsp3) is 0.125. The number of hydrogen-bond donors (Lipinski definition) is 1. The molecular weight excluding hydrogens is 483 g/mol. The Morgan fingerprint density at radius 2 is 1.74 bits per heavy atom. The van der Waals surface area contributed by atoms with E-state index >= 15 is 0 Å². The number of esters is 1. The van der Waals surface area contributed by atoms with Crippen molar-refractivity contribution in [2.75, 3.05) is 20.8 Å². The lowest BCUT2D eigenvalue weighted by Crippen LogP contribution is -2.24. The van der Waals surface area contributed by atoms with Crippen molar-refractivity contribution in [1.29, 1.82) is 0 Å². The van der Waals surface area contributed by atoms with Crippen LogP contribution in [0.4, 0.5) is 0 Å². The van der Waals surface area contributed by atoms with Gasteiger partial charge in [-0.05, 0) is 60.2 Å². The molecule has 176 valence electrons. The van der Waals surface area contributed by atoms with Crippen LogP contribution in [0, 0.1) is 0 Å². The normalized spacial score (nSPS) is 10.6. The first-order valence-corrected chi connectivity index (χ1v) is 10.6. The van der Waals surface area contributed by atoms with Crippen LogP contribution in [0.15, 0.2) is 65.8 Å². The van der Waals surface area contributed by atoms with Gasteiger partial charge >= 0.3 is 5.97 Å². The van der Waals surface area contributed by atoms with Crippen molar-refractivity contribution < 1.29 is 28.5 Å². The van der Waals surface area contributed by atoms with Crippen molar-refractivity contribution in [2.45, 2.75) is 0 Å². The molecule has 3 rings (SSSR count). The second-order valence-corrected chi connectivity index (χ2v) is 7.53. The summed E-state index contributed by atoms with van der Waals surface area (Å²) in [6.45, 7) is -0.291. The molecule has 0 saturated carbocycles. The zero-order valence-electron chi connectivity index (χ0n) is 18.2. The van der Waals surface area contributed by atoms with Gasteiger partial charge in [-0.25, -0.2) is 10.2 Å². The number of benzene rings is 3. The maximum Gasteiger partial charge on any atom is 0.343 e. The first kappa shape index (κ1) is 24.9. The fourth-order valence-electron chi connectivity index (χ4n) is 2.70. The second-order valence-electron chi connectivity index (χ2n) is 6.69. The molecule has 3 aromatic rings. The Hall–Kier alpha value is -3.75. The van der Waals surface area contributed by atoms with Gasteiger partial charge in [0.15, 0.2) is 18.1 Å². The molecule has 0 bridgehead atoms. The van der Waals surface area contributed by atoms with E-state index in [-0.39, 0.29) is 12.4 Å². The number of ether oxygens (including phenoxy) is 4. The van der Waals surface area contributed by atoms with E-state index in [1.165, 1.54) is 26.5 Å². The van der Waals surface area contributed by atoms with E-state index in [1.54, 1.807) is 54.6 Å². The first-order valence-electron chi connectivity index (χ1n) is 9.83. The summed E-state index contributed by atoms with van der Waals surface area (Å²) in [6, 6.07) is 16.1. The number of nitrogens with one attached hydrogen (secondary N) is 1. The van der Waals surface area contributed by atoms with E-state index in [0.29, 0.717) is 38.4 Å². The molecule has 34 heavy (non-hydrogen) atoms. The van der Waals surface area contributed by atoms with Crippen LogP contribution in [0.3, 0.4) is 0 Å². The number of rotatable bonds is 9. The average Bonchev–Trinajstić information content (AvgIpc) is 2.84. The number of carbonyl (C=O) groups is 2. The molecule has 0 aliphatic heterocycles. The Balaban J connectivity index is 1.57.